The second-order valence-electron chi connectivity index (χ2n) is 15.7. The van der Waals surface area contributed by atoms with Crippen LogP contribution in [0.1, 0.15) is 33.1 Å². The van der Waals surface area contributed by atoms with Crippen molar-refractivity contribution in [2.75, 3.05) is 132 Å². The third-order valence-electron chi connectivity index (χ3n) is 9.90. The molecule has 0 aromatic carbocycles. The van der Waals surface area contributed by atoms with Gasteiger partial charge in [-0.2, -0.15) is 0 Å². The molecule has 27 heteroatoms. The maximum Gasteiger partial charge on any atom is 0.222 e. The van der Waals surface area contributed by atoms with Gasteiger partial charge in [0.15, 0.2) is 12.6 Å². The lowest BCUT2D eigenvalue weighted by atomic mass is 9.97. The molecule has 2 aliphatic heterocycles. The quantitative estimate of drug-likeness (QED) is 0.0201. The number of nitrogens with two attached hydrogens (primary N) is 1. The first-order valence-corrected chi connectivity index (χ1v) is 22.5. The first-order chi connectivity index (χ1) is 32.7. The van der Waals surface area contributed by atoms with Crippen LogP contribution in [0.2, 0.25) is 0 Å². The average Bonchev–Trinajstić information content (AvgIpc) is 3.30. The summed E-state index contributed by atoms with van der Waals surface area (Å²) >= 11 is 0. The molecule has 0 aromatic heterocycles. The normalized spacial score (nSPS) is 25.8. The third-order valence-corrected chi connectivity index (χ3v) is 9.90. The van der Waals surface area contributed by atoms with Crippen molar-refractivity contribution >= 4 is 29.9 Å². The number of carbonyl (C=O) groups is 5. The molecule has 0 saturated carbocycles. The minimum atomic E-state index is -1.42. The molecule has 2 heterocycles. The third kappa shape index (κ3) is 25.1. The van der Waals surface area contributed by atoms with Crippen molar-refractivity contribution in [3.63, 3.8) is 0 Å². The van der Waals surface area contributed by atoms with Crippen molar-refractivity contribution in [1.82, 2.24) is 21.3 Å². The molecule has 0 spiro atoms. The number of aliphatic hydroxyl groups excluding tert-OH is 6. The van der Waals surface area contributed by atoms with Gasteiger partial charge in [-0.1, -0.05) is 0 Å². The summed E-state index contributed by atoms with van der Waals surface area (Å²) in [6.45, 7) is 3.51. The summed E-state index contributed by atoms with van der Waals surface area (Å²) in [7, 11) is 0. The molecule has 0 bridgehead atoms. The fourth-order valence-electron chi connectivity index (χ4n) is 6.43. The molecule has 12 N–H and O–H groups in total. The fraction of sp³-hybridized carbons (Fsp3) is 0.878. The molecule has 396 valence electrons. The van der Waals surface area contributed by atoms with Crippen LogP contribution in [0.25, 0.3) is 0 Å². The van der Waals surface area contributed by atoms with Crippen LogP contribution in [-0.4, -0.2) is 259 Å². The number of hydrogen-bond donors (Lipinski definition) is 11. The van der Waals surface area contributed by atoms with Gasteiger partial charge in [-0.05, 0) is 0 Å². The molecule has 10 atom stereocenters. The van der Waals surface area contributed by atoms with Crippen LogP contribution >= 0.6 is 0 Å². The van der Waals surface area contributed by atoms with Gasteiger partial charge >= 0.3 is 0 Å². The van der Waals surface area contributed by atoms with E-state index in [0.29, 0.717) is 6.29 Å². The highest BCUT2D eigenvalue weighted by molar-refractivity contribution is 5.76. The van der Waals surface area contributed by atoms with E-state index in [9.17, 15) is 54.6 Å². The van der Waals surface area contributed by atoms with Crippen LogP contribution in [0.3, 0.4) is 0 Å². The van der Waals surface area contributed by atoms with E-state index in [4.69, 9.17) is 57.8 Å². The lowest BCUT2D eigenvalue weighted by Gasteiger charge is -2.42. The molecular weight excluding hydrogens is 914 g/mol. The largest absolute Gasteiger partial charge is 0.394 e. The van der Waals surface area contributed by atoms with Gasteiger partial charge in [-0.15, -0.1) is 0 Å². The summed E-state index contributed by atoms with van der Waals surface area (Å²) in [6.07, 6.45) is -9.14. The number of amides is 4. The number of rotatable bonds is 39. The Kier molecular flexibility index (Phi) is 32.1. The van der Waals surface area contributed by atoms with Gasteiger partial charge in [0.05, 0.1) is 124 Å². The number of hydrogen-bond acceptors (Lipinski definition) is 23. The number of ether oxygens (including phenoxy) is 11. The van der Waals surface area contributed by atoms with Crippen molar-refractivity contribution in [2.45, 2.75) is 99.9 Å². The first-order valence-electron chi connectivity index (χ1n) is 22.5. The first kappa shape index (κ1) is 61.0. The lowest BCUT2D eigenvalue weighted by molar-refractivity contribution is -0.272. The fourth-order valence-corrected chi connectivity index (χ4v) is 6.43. The lowest BCUT2D eigenvalue weighted by Crippen LogP contribution is -2.64. The van der Waals surface area contributed by atoms with Crippen molar-refractivity contribution in [3.8, 4) is 0 Å². The maximum atomic E-state index is 12.3. The van der Waals surface area contributed by atoms with Crippen LogP contribution < -0.4 is 27.0 Å². The molecule has 0 radical (unpaired) electrons. The summed E-state index contributed by atoms with van der Waals surface area (Å²) in [5.41, 5.74) is 5.33. The van der Waals surface area contributed by atoms with Crippen LogP contribution in [0.15, 0.2) is 0 Å². The standard InChI is InChI=1S/C41H75N5O22/c1-27(50)45-33-37(56)35(54)29(22-48)67-39(33)65-20-18-60-16-14-58-12-6-43-31(52)4-10-63-25-41(42,24-62-9-3-8-47)26-64-11-5-32(53)44-7-13-59-15-17-61-19-21-66-40-34(46-28(2)51)38(57)36(55)30(23-49)68-40/h8,29-30,33-40,48-49,54-57H,3-7,9-26,42H2,1-2H3,(H,43,52)(H,44,53)(H,45,50)(H,46,51). The Bertz CT molecular complexity index is 1320. The Labute approximate surface area is 395 Å². The van der Waals surface area contributed by atoms with E-state index in [1.165, 1.54) is 13.8 Å². The second kappa shape index (κ2) is 35.9. The topological polar surface area (TPSA) is 382 Å². The monoisotopic (exact) mass is 989 g/mol. The molecule has 2 saturated heterocycles. The zero-order valence-electron chi connectivity index (χ0n) is 38.9. The van der Waals surface area contributed by atoms with Crippen LogP contribution in [0, 0.1) is 0 Å². The molecule has 2 rings (SSSR count). The van der Waals surface area contributed by atoms with Gasteiger partial charge in [0.2, 0.25) is 23.6 Å². The van der Waals surface area contributed by atoms with Crippen molar-refractivity contribution in [3.05, 3.63) is 0 Å². The summed E-state index contributed by atoms with van der Waals surface area (Å²) in [4.78, 5) is 58.4. The number of aldehydes is 1. The van der Waals surface area contributed by atoms with Crippen molar-refractivity contribution in [1.29, 1.82) is 0 Å². The highest BCUT2D eigenvalue weighted by atomic mass is 16.7. The van der Waals surface area contributed by atoms with E-state index in [1.54, 1.807) is 0 Å². The van der Waals surface area contributed by atoms with Crippen molar-refractivity contribution in [2.24, 2.45) is 5.73 Å². The van der Waals surface area contributed by atoms with E-state index in [0.717, 1.165) is 0 Å². The van der Waals surface area contributed by atoms with Crippen molar-refractivity contribution < 1.29 is 107 Å². The van der Waals surface area contributed by atoms with E-state index in [1.807, 2.05) is 0 Å². The zero-order valence-corrected chi connectivity index (χ0v) is 38.9. The number of carbonyl (C=O) groups excluding carboxylic acids is 5. The SMILES string of the molecule is CC(=O)NC1C(OCCOCCOCCNC(=O)CCOCC(N)(COCCC=O)COCCC(=O)NCCOCCOCCOC2OC(CO)C(O)C(O)C2NC(C)=O)OC(CO)C(O)C1O. The Morgan fingerprint density at radius 3 is 1.28 bits per heavy atom. The number of nitrogens with one attached hydrogen (secondary N) is 4. The molecule has 4 amide bonds. The summed E-state index contributed by atoms with van der Waals surface area (Å²) in [5, 5.41) is 70.0. The van der Waals surface area contributed by atoms with Gasteiger partial charge in [0, 0.05) is 46.2 Å². The minimum Gasteiger partial charge on any atom is -0.394 e. The summed E-state index contributed by atoms with van der Waals surface area (Å²) in [6, 6.07) is -2.10. The molecule has 0 aliphatic carbocycles. The highest BCUT2D eigenvalue weighted by Gasteiger charge is 2.46. The highest BCUT2D eigenvalue weighted by Crippen LogP contribution is 2.23. The van der Waals surface area contributed by atoms with Gasteiger partial charge in [0.1, 0.15) is 55.0 Å². The van der Waals surface area contributed by atoms with Crippen LogP contribution in [-0.2, 0) is 76.1 Å². The van der Waals surface area contributed by atoms with Gasteiger partial charge < -0.3 is 115 Å². The molecule has 27 nitrogen and oxygen atoms in total. The zero-order chi connectivity index (χ0) is 50.2. The smallest absolute Gasteiger partial charge is 0.222 e. The van der Waals surface area contributed by atoms with Crippen LogP contribution in [0.5, 0.6) is 0 Å². The minimum absolute atomic E-state index is 0.0101. The number of aliphatic hydroxyl groups is 6. The molecule has 2 aliphatic rings. The van der Waals surface area contributed by atoms with Gasteiger partial charge in [-0.3, -0.25) is 19.2 Å². The summed E-state index contributed by atoms with van der Waals surface area (Å²) < 4.78 is 60.8. The van der Waals surface area contributed by atoms with E-state index in [-0.39, 0.29) is 150 Å². The molecule has 2 fully saturated rings. The second-order valence-corrected chi connectivity index (χ2v) is 15.7. The Hall–Kier alpha value is -3.17. The predicted molar refractivity (Wildman–Crippen MR) is 231 cm³/mol. The Balaban J connectivity index is 1.51. The van der Waals surface area contributed by atoms with E-state index in [2.05, 4.69) is 21.3 Å². The maximum absolute atomic E-state index is 12.3. The predicted octanol–water partition coefficient (Wildman–Crippen LogP) is -6.68. The van der Waals surface area contributed by atoms with E-state index >= 15 is 0 Å². The molecular formula is C41H75N5O22. The van der Waals surface area contributed by atoms with Crippen LogP contribution in [0.4, 0.5) is 0 Å². The van der Waals surface area contributed by atoms with E-state index < -0.39 is 91.9 Å². The van der Waals surface area contributed by atoms with Gasteiger partial charge in [0.25, 0.3) is 0 Å². The summed E-state index contributed by atoms with van der Waals surface area (Å²) in [5.74, 6) is -1.50. The average molecular weight is 990 g/mol. The Morgan fingerprint density at radius 2 is 0.912 bits per heavy atom. The Morgan fingerprint density at radius 1 is 0.544 bits per heavy atom. The molecule has 0 aromatic rings. The van der Waals surface area contributed by atoms with Gasteiger partial charge in [-0.25, -0.2) is 0 Å². The molecule has 68 heavy (non-hydrogen) atoms. The molecule has 10 unspecified atom stereocenters.